The lowest BCUT2D eigenvalue weighted by Gasteiger charge is -2.09. The van der Waals surface area contributed by atoms with Crippen LogP contribution in [0.3, 0.4) is 0 Å². The molecule has 0 spiro atoms. The molecule has 0 radical (unpaired) electrons. The van der Waals surface area contributed by atoms with E-state index >= 15 is 0 Å². The highest BCUT2D eigenvalue weighted by atomic mass is 35.5. The normalized spacial score (nSPS) is 11.0. The van der Waals surface area contributed by atoms with E-state index in [1.807, 2.05) is 50.2 Å². The van der Waals surface area contributed by atoms with Crippen molar-refractivity contribution in [3.63, 3.8) is 0 Å². The van der Waals surface area contributed by atoms with Crippen LogP contribution in [-0.4, -0.2) is 51.3 Å². The predicted octanol–water partition coefficient (Wildman–Crippen LogP) is 5.85. The Bertz CT molecular complexity index is 1880. The van der Waals surface area contributed by atoms with Crippen LogP contribution in [0.2, 0.25) is 5.02 Å². The monoisotopic (exact) mass is 570 g/mol. The number of benzene rings is 4. The minimum absolute atomic E-state index is 0.0216. The summed E-state index contributed by atoms with van der Waals surface area (Å²) in [5, 5.41) is 47.2. The van der Waals surface area contributed by atoms with Crippen molar-refractivity contribution in [2.75, 3.05) is 0 Å². The Labute approximate surface area is 240 Å². The fourth-order valence-electron chi connectivity index (χ4n) is 4.44. The number of phenolic OH excluding ortho intramolecular Hbond substituents is 2. The fraction of sp³-hybridized carbons (Fsp3) is 0.167. The molecule has 4 aromatic carbocycles. The third-order valence-corrected chi connectivity index (χ3v) is 6.69. The second-order valence-electron chi connectivity index (χ2n) is 9.72. The molecule has 0 atom stereocenters. The third kappa shape index (κ3) is 5.97. The molecule has 3 N–H and O–H groups in total. The fourth-order valence-corrected chi connectivity index (χ4v) is 4.60. The molecule has 6 aromatic rings. The Morgan fingerprint density at radius 1 is 0.732 bits per heavy atom. The summed E-state index contributed by atoms with van der Waals surface area (Å²) in [4.78, 5) is 13.6. The molecule has 41 heavy (non-hydrogen) atoms. The first-order valence-electron chi connectivity index (χ1n) is 12.8. The Balaban J connectivity index is 0.000000169. The summed E-state index contributed by atoms with van der Waals surface area (Å²) in [6.45, 7) is 5.61. The van der Waals surface area contributed by atoms with E-state index in [9.17, 15) is 15.0 Å². The molecule has 11 heteroatoms. The topological polar surface area (TPSA) is 139 Å². The highest BCUT2D eigenvalue weighted by Crippen LogP contribution is 2.29. The van der Waals surface area contributed by atoms with Crippen molar-refractivity contribution in [2.45, 2.75) is 33.6 Å². The van der Waals surface area contributed by atoms with Gasteiger partial charge < -0.3 is 15.3 Å². The summed E-state index contributed by atoms with van der Waals surface area (Å²) in [5.41, 5.74) is 7.27. The van der Waals surface area contributed by atoms with Gasteiger partial charge in [-0.15, -0.1) is 30.0 Å². The largest absolute Gasteiger partial charge is 0.505 e. The number of carboxylic acid groups (broad SMARTS) is 1. The highest BCUT2D eigenvalue weighted by molar-refractivity contribution is 6.31. The predicted molar refractivity (Wildman–Crippen MR) is 156 cm³/mol. The van der Waals surface area contributed by atoms with Crippen molar-refractivity contribution in [2.24, 2.45) is 0 Å². The first-order valence-corrected chi connectivity index (χ1v) is 13.2. The number of aryl methyl sites for hydroxylation is 4. The number of phenols is 2. The molecule has 0 aliphatic rings. The van der Waals surface area contributed by atoms with Crippen molar-refractivity contribution in [1.82, 2.24) is 30.0 Å². The molecular weight excluding hydrogens is 544 g/mol. The van der Waals surface area contributed by atoms with E-state index in [2.05, 4.69) is 20.4 Å². The molecule has 0 amide bonds. The number of hydrogen-bond acceptors (Lipinski definition) is 7. The SMILES string of the molecule is Cc1cc(C)c(O)c(-n2nc3ccccc3n2)c1.Cc1cc(CCC(=O)O)cc(-n2nc3ccc(Cl)cc3n2)c1O. The Hall–Kier alpha value is -4.96. The van der Waals surface area contributed by atoms with Crippen LogP contribution in [0.15, 0.2) is 66.7 Å². The first kappa shape index (κ1) is 27.6. The lowest BCUT2D eigenvalue weighted by molar-refractivity contribution is -0.136. The molecule has 0 saturated carbocycles. The van der Waals surface area contributed by atoms with Crippen LogP contribution in [0.5, 0.6) is 11.5 Å². The van der Waals surface area contributed by atoms with Crippen molar-refractivity contribution in [3.8, 4) is 22.9 Å². The molecule has 0 bridgehead atoms. The zero-order valence-corrected chi connectivity index (χ0v) is 23.3. The molecule has 10 nitrogen and oxygen atoms in total. The maximum atomic E-state index is 10.7. The van der Waals surface area contributed by atoms with Crippen LogP contribution in [0.25, 0.3) is 33.4 Å². The van der Waals surface area contributed by atoms with Gasteiger partial charge in [-0.1, -0.05) is 35.9 Å². The number of rotatable bonds is 5. The molecule has 0 aliphatic heterocycles. The maximum Gasteiger partial charge on any atom is 0.303 e. The number of aromatic hydroxyl groups is 2. The molecule has 0 saturated heterocycles. The molecular formula is C30H27ClN6O4. The zero-order chi connectivity index (χ0) is 29.3. The molecule has 0 unspecified atom stereocenters. The van der Waals surface area contributed by atoms with E-state index < -0.39 is 5.97 Å². The second-order valence-corrected chi connectivity index (χ2v) is 10.2. The Kier molecular flexibility index (Phi) is 7.58. The minimum Gasteiger partial charge on any atom is -0.505 e. The number of carbonyl (C=O) groups is 1. The number of halogens is 1. The van der Waals surface area contributed by atoms with Gasteiger partial charge in [0.15, 0.2) is 0 Å². The molecule has 6 rings (SSSR count). The first-order chi connectivity index (χ1) is 19.6. The van der Waals surface area contributed by atoms with Crippen LogP contribution < -0.4 is 0 Å². The lowest BCUT2D eigenvalue weighted by Crippen LogP contribution is -2.03. The summed E-state index contributed by atoms with van der Waals surface area (Å²) in [6.07, 6.45) is 0.393. The molecule has 208 valence electrons. The van der Waals surface area contributed by atoms with Crippen LogP contribution in [0.1, 0.15) is 28.7 Å². The molecule has 0 aliphatic carbocycles. The Morgan fingerprint density at radius 2 is 1.27 bits per heavy atom. The van der Waals surface area contributed by atoms with E-state index in [1.54, 1.807) is 37.3 Å². The average Bonchev–Trinajstić information content (AvgIpc) is 3.55. The summed E-state index contributed by atoms with van der Waals surface area (Å²) in [6, 6.07) is 20.1. The van der Waals surface area contributed by atoms with Crippen molar-refractivity contribution in [3.05, 3.63) is 94.0 Å². The summed E-state index contributed by atoms with van der Waals surface area (Å²) in [7, 11) is 0. The quantitative estimate of drug-likeness (QED) is 0.234. The van der Waals surface area contributed by atoms with Crippen molar-refractivity contribution >= 4 is 39.6 Å². The van der Waals surface area contributed by atoms with Crippen LogP contribution >= 0.6 is 11.6 Å². The van der Waals surface area contributed by atoms with Crippen molar-refractivity contribution in [1.29, 1.82) is 0 Å². The average molecular weight is 571 g/mol. The van der Waals surface area contributed by atoms with E-state index in [0.717, 1.165) is 27.7 Å². The van der Waals surface area contributed by atoms with E-state index in [-0.39, 0.29) is 17.9 Å². The summed E-state index contributed by atoms with van der Waals surface area (Å²) >= 11 is 5.94. The number of carboxylic acids is 1. The smallest absolute Gasteiger partial charge is 0.303 e. The van der Waals surface area contributed by atoms with Crippen LogP contribution in [0.4, 0.5) is 0 Å². The van der Waals surface area contributed by atoms with Gasteiger partial charge >= 0.3 is 5.97 Å². The Morgan fingerprint density at radius 3 is 1.88 bits per heavy atom. The number of nitrogens with zero attached hydrogens (tertiary/aromatic N) is 6. The van der Waals surface area contributed by atoms with Gasteiger partial charge in [-0.05, 0) is 91.9 Å². The van der Waals surface area contributed by atoms with Gasteiger partial charge in [0.1, 0.15) is 44.9 Å². The van der Waals surface area contributed by atoms with E-state index in [0.29, 0.717) is 39.4 Å². The third-order valence-electron chi connectivity index (χ3n) is 6.45. The van der Waals surface area contributed by atoms with Crippen molar-refractivity contribution < 1.29 is 20.1 Å². The van der Waals surface area contributed by atoms with Gasteiger partial charge in [-0.2, -0.15) is 0 Å². The molecule has 0 fully saturated rings. The standard InChI is InChI=1S/C16H14ClN3O3.C14H13N3O/c1-9-6-10(2-5-15(21)22)7-14(16(9)23)20-18-12-4-3-11(17)8-13(12)19-20;1-9-7-10(2)14(18)13(8-9)17-15-11-5-3-4-6-12(11)16-17/h3-4,6-8,23H,2,5H2,1H3,(H,21,22);3-8,18H,1-2H3. The zero-order valence-electron chi connectivity index (χ0n) is 22.6. The van der Waals surface area contributed by atoms with Gasteiger partial charge in [0.25, 0.3) is 0 Å². The molecule has 2 aromatic heterocycles. The summed E-state index contributed by atoms with van der Waals surface area (Å²) < 4.78 is 0. The number of aromatic nitrogens is 6. The minimum atomic E-state index is -0.866. The van der Waals surface area contributed by atoms with Gasteiger partial charge in [0.05, 0.1) is 0 Å². The van der Waals surface area contributed by atoms with Gasteiger partial charge in [-0.3, -0.25) is 4.79 Å². The van der Waals surface area contributed by atoms with E-state index in [4.69, 9.17) is 16.7 Å². The number of aliphatic carboxylic acids is 1. The van der Waals surface area contributed by atoms with Gasteiger partial charge in [0.2, 0.25) is 0 Å². The second kappa shape index (κ2) is 11.3. The lowest BCUT2D eigenvalue weighted by atomic mass is 10.0. The number of fused-ring (bicyclic) bond motifs is 2. The highest BCUT2D eigenvalue weighted by Gasteiger charge is 2.14. The van der Waals surface area contributed by atoms with Gasteiger partial charge in [-0.25, -0.2) is 0 Å². The van der Waals surface area contributed by atoms with E-state index in [1.165, 1.54) is 9.59 Å². The van der Waals surface area contributed by atoms with Crippen LogP contribution in [-0.2, 0) is 11.2 Å². The maximum absolute atomic E-state index is 10.7. The molecule has 2 heterocycles. The van der Waals surface area contributed by atoms with Crippen LogP contribution in [0, 0.1) is 20.8 Å². The number of hydrogen-bond donors (Lipinski definition) is 3. The van der Waals surface area contributed by atoms with Gasteiger partial charge in [0, 0.05) is 11.4 Å². The summed E-state index contributed by atoms with van der Waals surface area (Å²) in [5.74, 6) is -0.578.